The first-order chi connectivity index (χ1) is 21.4. The fourth-order valence-electron chi connectivity index (χ4n) is 4.05. The number of methoxy groups -OCH3 is 1. The van der Waals surface area contributed by atoms with Crippen molar-refractivity contribution >= 4 is 24.4 Å². The molecule has 44 heavy (non-hydrogen) atoms. The van der Waals surface area contributed by atoms with Gasteiger partial charge in [-0.1, -0.05) is 32.4 Å². The topological polar surface area (TPSA) is 112 Å². The van der Waals surface area contributed by atoms with Crippen molar-refractivity contribution in [3.05, 3.63) is 102 Å². The van der Waals surface area contributed by atoms with Crippen molar-refractivity contribution in [2.45, 2.75) is 58.3 Å². The van der Waals surface area contributed by atoms with Crippen LogP contribution in [0.4, 0.5) is 0 Å². The summed E-state index contributed by atoms with van der Waals surface area (Å²) in [5.74, 6) is 1.05. The average Bonchev–Trinajstić information content (AvgIpc) is 3.07. The Balaban J connectivity index is 0.000000312. The average molecular weight is 602 g/mol. The molecule has 0 aliphatic heterocycles. The van der Waals surface area contributed by atoms with E-state index < -0.39 is 5.97 Å². The Bertz CT molecular complexity index is 1320. The summed E-state index contributed by atoms with van der Waals surface area (Å²) in [5, 5.41) is 7.56. The summed E-state index contributed by atoms with van der Waals surface area (Å²) in [6, 6.07) is 19.4. The maximum atomic E-state index is 12.2. The van der Waals surface area contributed by atoms with E-state index in [0.717, 1.165) is 56.1 Å². The fourth-order valence-corrected chi connectivity index (χ4v) is 4.05. The third kappa shape index (κ3) is 13.5. The van der Waals surface area contributed by atoms with Gasteiger partial charge in [0.2, 0.25) is 0 Å². The van der Waals surface area contributed by atoms with Crippen LogP contribution in [0.5, 0.6) is 17.2 Å². The zero-order chi connectivity index (χ0) is 32.0. The van der Waals surface area contributed by atoms with Crippen molar-refractivity contribution in [1.29, 1.82) is 5.41 Å². The SMILES string of the molecule is C=CC(=O)OCCCCCCOc1ccc(C=O)cc1.CCCCCc1ccc(OC(=O)c2ccc(OC)cc2)c(C=N)c1. The molecule has 1 N–H and O–H groups in total. The summed E-state index contributed by atoms with van der Waals surface area (Å²) in [6.07, 6.45) is 11.5. The lowest BCUT2D eigenvalue weighted by atomic mass is 10.0. The predicted octanol–water partition coefficient (Wildman–Crippen LogP) is 7.81. The first-order valence-corrected chi connectivity index (χ1v) is 14.9. The number of aryl methyl sites for hydroxylation is 1. The van der Waals surface area contributed by atoms with Crippen molar-refractivity contribution < 1.29 is 33.3 Å². The highest BCUT2D eigenvalue weighted by atomic mass is 16.5. The minimum Gasteiger partial charge on any atom is -0.497 e. The van der Waals surface area contributed by atoms with Gasteiger partial charge in [0.05, 0.1) is 25.9 Å². The van der Waals surface area contributed by atoms with Gasteiger partial charge in [0.1, 0.15) is 23.5 Å². The van der Waals surface area contributed by atoms with Gasteiger partial charge < -0.3 is 24.4 Å². The number of hydrogen-bond acceptors (Lipinski definition) is 8. The molecule has 0 radical (unpaired) electrons. The number of unbranched alkanes of at least 4 members (excludes halogenated alkanes) is 5. The van der Waals surface area contributed by atoms with E-state index in [9.17, 15) is 14.4 Å². The summed E-state index contributed by atoms with van der Waals surface area (Å²) in [6.45, 7) is 6.59. The second-order valence-electron chi connectivity index (χ2n) is 9.91. The van der Waals surface area contributed by atoms with Crippen molar-refractivity contribution in [2.75, 3.05) is 20.3 Å². The van der Waals surface area contributed by atoms with Crippen LogP contribution in [-0.2, 0) is 16.0 Å². The third-order valence-corrected chi connectivity index (χ3v) is 6.56. The van der Waals surface area contributed by atoms with Crippen LogP contribution < -0.4 is 14.2 Å². The molecule has 8 nitrogen and oxygen atoms in total. The van der Waals surface area contributed by atoms with Gasteiger partial charge in [0.25, 0.3) is 0 Å². The Morgan fingerprint density at radius 3 is 2.14 bits per heavy atom. The van der Waals surface area contributed by atoms with Crippen LogP contribution in [0, 0.1) is 5.41 Å². The van der Waals surface area contributed by atoms with Gasteiger partial charge in [-0.05, 0) is 105 Å². The number of rotatable bonds is 18. The molecule has 0 amide bonds. The van der Waals surface area contributed by atoms with Gasteiger partial charge in [-0.2, -0.15) is 0 Å². The third-order valence-electron chi connectivity index (χ3n) is 6.56. The van der Waals surface area contributed by atoms with Crippen LogP contribution in [0.15, 0.2) is 79.4 Å². The highest BCUT2D eigenvalue weighted by molar-refractivity contribution is 5.93. The van der Waals surface area contributed by atoms with E-state index in [1.165, 1.54) is 25.1 Å². The van der Waals surface area contributed by atoms with E-state index >= 15 is 0 Å². The molecule has 0 atom stereocenters. The largest absolute Gasteiger partial charge is 0.497 e. The number of esters is 2. The summed E-state index contributed by atoms with van der Waals surface area (Å²) in [4.78, 5) is 33.5. The highest BCUT2D eigenvalue weighted by Gasteiger charge is 2.12. The van der Waals surface area contributed by atoms with Crippen molar-refractivity contribution in [1.82, 2.24) is 0 Å². The number of nitrogens with one attached hydrogen (secondary N) is 1. The van der Waals surface area contributed by atoms with E-state index in [-0.39, 0.29) is 5.97 Å². The van der Waals surface area contributed by atoms with E-state index in [1.807, 2.05) is 12.1 Å². The molecule has 0 aliphatic carbocycles. The van der Waals surface area contributed by atoms with Gasteiger partial charge >= 0.3 is 11.9 Å². The van der Waals surface area contributed by atoms with E-state index in [4.69, 9.17) is 24.4 Å². The molecule has 0 fully saturated rings. The molecule has 0 bridgehead atoms. The Morgan fingerprint density at radius 2 is 1.52 bits per heavy atom. The van der Waals surface area contributed by atoms with Gasteiger partial charge in [-0.3, -0.25) is 4.79 Å². The van der Waals surface area contributed by atoms with Crippen LogP contribution >= 0.6 is 0 Å². The number of carbonyl (C=O) groups excluding carboxylic acids is 3. The lowest BCUT2D eigenvalue weighted by Crippen LogP contribution is -2.10. The molecule has 0 saturated heterocycles. The number of aldehydes is 1. The van der Waals surface area contributed by atoms with Crippen LogP contribution in [0.25, 0.3) is 0 Å². The van der Waals surface area contributed by atoms with Crippen LogP contribution in [0.2, 0.25) is 0 Å². The predicted molar refractivity (Wildman–Crippen MR) is 172 cm³/mol. The smallest absolute Gasteiger partial charge is 0.343 e. The fraction of sp³-hybridized carbons (Fsp3) is 0.333. The zero-order valence-corrected chi connectivity index (χ0v) is 25.7. The molecule has 0 aromatic heterocycles. The molecule has 0 saturated carbocycles. The molecule has 0 unspecified atom stereocenters. The standard InChI is InChI=1S/C20H23NO3.C16H20O4/c1-3-4-5-6-15-7-12-19(17(13-15)14-21)24-20(22)16-8-10-18(23-2)11-9-16;1-2-16(18)20-12-6-4-3-5-11-19-15-9-7-14(13-17)8-10-15/h7-14,21H,3-6H2,1-2H3;2,7-10,13H,1,3-6,11-12H2. The summed E-state index contributed by atoms with van der Waals surface area (Å²) in [7, 11) is 1.58. The van der Waals surface area contributed by atoms with E-state index in [0.29, 0.717) is 41.4 Å². The quantitative estimate of drug-likeness (QED) is 0.0395. The Hall–Kier alpha value is -4.72. The molecular formula is C36H43NO7. The molecule has 3 aromatic rings. The number of ether oxygens (including phenoxy) is 4. The number of benzene rings is 3. The summed E-state index contributed by atoms with van der Waals surface area (Å²) in [5.41, 5.74) is 2.86. The van der Waals surface area contributed by atoms with Crippen molar-refractivity contribution in [3.63, 3.8) is 0 Å². The van der Waals surface area contributed by atoms with E-state index in [1.54, 1.807) is 61.7 Å². The maximum absolute atomic E-state index is 12.2. The van der Waals surface area contributed by atoms with Gasteiger partial charge in [0, 0.05) is 23.4 Å². The first kappa shape index (κ1) is 35.5. The van der Waals surface area contributed by atoms with Crippen molar-refractivity contribution in [2.24, 2.45) is 0 Å². The van der Waals surface area contributed by atoms with Gasteiger partial charge in [0.15, 0.2) is 0 Å². The number of carbonyl (C=O) groups is 3. The second-order valence-corrected chi connectivity index (χ2v) is 9.91. The Kier molecular flexibility index (Phi) is 17.0. The lowest BCUT2D eigenvalue weighted by Gasteiger charge is -2.10. The lowest BCUT2D eigenvalue weighted by molar-refractivity contribution is -0.137. The second kappa shape index (κ2) is 21.0. The molecule has 8 heteroatoms. The highest BCUT2D eigenvalue weighted by Crippen LogP contribution is 2.22. The monoisotopic (exact) mass is 601 g/mol. The molecule has 234 valence electrons. The van der Waals surface area contributed by atoms with Crippen LogP contribution in [0.1, 0.15) is 83.7 Å². The number of hydrogen-bond donors (Lipinski definition) is 1. The molecule has 3 aromatic carbocycles. The van der Waals surface area contributed by atoms with E-state index in [2.05, 4.69) is 13.5 Å². The molecule has 3 rings (SSSR count). The summed E-state index contributed by atoms with van der Waals surface area (Å²) < 4.78 is 20.9. The first-order valence-electron chi connectivity index (χ1n) is 14.9. The Labute approximate surface area is 260 Å². The summed E-state index contributed by atoms with van der Waals surface area (Å²) >= 11 is 0. The van der Waals surface area contributed by atoms with Gasteiger partial charge in [-0.25, -0.2) is 9.59 Å². The zero-order valence-electron chi connectivity index (χ0n) is 25.7. The molecule has 0 aliphatic rings. The molecule has 0 heterocycles. The maximum Gasteiger partial charge on any atom is 0.343 e. The van der Waals surface area contributed by atoms with Gasteiger partial charge in [-0.15, -0.1) is 0 Å². The van der Waals surface area contributed by atoms with Crippen molar-refractivity contribution in [3.8, 4) is 17.2 Å². The molecular weight excluding hydrogens is 558 g/mol. The minimum atomic E-state index is -0.445. The minimum absolute atomic E-state index is 0.368. The van der Waals surface area contributed by atoms with Crippen LogP contribution in [0.3, 0.4) is 0 Å². The molecule has 0 spiro atoms. The normalized spacial score (nSPS) is 10.0. The van der Waals surface area contributed by atoms with Crippen LogP contribution in [-0.4, -0.2) is 44.8 Å². The Morgan fingerprint density at radius 1 is 0.841 bits per heavy atom.